The molecule has 2 rings (SSSR count). The normalized spacial score (nSPS) is 10.1. The molecule has 24 heavy (non-hydrogen) atoms. The number of hydrogen-bond acceptors (Lipinski definition) is 8. The van der Waals surface area contributed by atoms with Crippen LogP contribution in [0.3, 0.4) is 0 Å². The predicted octanol–water partition coefficient (Wildman–Crippen LogP) is 3.62. The minimum Gasteiger partial charge on any atom is -0.462 e. The highest BCUT2D eigenvalue weighted by molar-refractivity contribution is 5.96. The fourth-order valence-corrected chi connectivity index (χ4v) is 1.98. The lowest BCUT2D eigenvalue weighted by atomic mass is 10.2. The molecule has 8 heteroatoms. The largest absolute Gasteiger partial charge is 0.462 e. The van der Waals surface area contributed by atoms with E-state index in [4.69, 9.17) is 4.74 Å². The summed E-state index contributed by atoms with van der Waals surface area (Å²) in [5.74, 6) is 0.159. The summed E-state index contributed by atoms with van der Waals surface area (Å²) in [5, 5.41) is 8.90. The van der Waals surface area contributed by atoms with Crippen LogP contribution in [-0.4, -0.2) is 29.1 Å². The number of hydrogen-bond donors (Lipinski definition) is 2. The van der Waals surface area contributed by atoms with Gasteiger partial charge in [-0.2, -0.15) is 4.98 Å². The molecule has 0 aliphatic rings. The molecule has 0 atom stereocenters. The second-order valence-electron chi connectivity index (χ2n) is 4.84. The van der Waals surface area contributed by atoms with E-state index in [2.05, 4.69) is 25.8 Å². The van der Waals surface area contributed by atoms with Crippen molar-refractivity contribution in [1.82, 2.24) is 9.97 Å². The maximum atomic E-state index is 12.0. The van der Waals surface area contributed by atoms with Crippen molar-refractivity contribution in [3.05, 3.63) is 40.9 Å². The molecule has 1 heterocycles. The van der Waals surface area contributed by atoms with Gasteiger partial charge in [-0.05, 0) is 30.7 Å². The predicted molar refractivity (Wildman–Crippen MR) is 91.9 cm³/mol. The maximum absolute atomic E-state index is 12.0. The zero-order chi connectivity index (χ0) is 17.4. The number of esters is 1. The highest BCUT2D eigenvalue weighted by atomic mass is 16.5. The van der Waals surface area contributed by atoms with Crippen LogP contribution >= 0.6 is 0 Å². The number of nitrogens with one attached hydrogen (secondary N) is 2. The minimum atomic E-state index is -0.434. The van der Waals surface area contributed by atoms with Gasteiger partial charge >= 0.3 is 5.97 Å². The van der Waals surface area contributed by atoms with Crippen molar-refractivity contribution in [2.24, 2.45) is 5.18 Å². The molecule has 1 aromatic carbocycles. The third-order valence-corrected chi connectivity index (χ3v) is 3.08. The van der Waals surface area contributed by atoms with Gasteiger partial charge in [0, 0.05) is 6.54 Å². The van der Waals surface area contributed by atoms with Gasteiger partial charge in [-0.15, -0.1) is 4.91 Å². The SMILES string of the molecule is CCCNc1nc(Nc2ccccc2C(=O)OCC)ncc1N=O. The fourth-order valence-electron chi connectivity index (χ4n) is 1.98. The number of para-hydroxylation sites is 1. The first-order valence-electron chi connectivity index (χ1n) is 7.67. The summed E-state index contributed by atoms with van der Waals surface area (Å²) >= 11 is 0. The molecule has 0 bridgehead atoms. The van der Waals surface area contributed by atoms with Gasteiger partial charge in [0.05, 0.1) is 24.1 Å². The molecule has 0 spiro atoms. The van der Waals surface area contributed by atoms with Crippen molar-refractivity contribution in [2.45, 2.75) is 20.3 Å². The van der Waals surface area contributed by atoms with E-state index in [0.717, 1.165) is 6.42 Å². The van der Waals surface area contributed by atoms with Crippen LogP contribution in [0.25, 0.3) is 0 Å². The van der Waals surface area contributed by atoms with Crippen LogP contribution in [0.2, 0.25) is 0 Å². The molecule has 2 aromatic rings. The molecule has 2 N–H and O–H groups in total. The van der Waals surface area contributed by atoms with Crippen LogP contribution in [-0.2, 0) is 4.74 Å². The first-order chi connectivity index (χ1) is 11.7. The molecule has 0 amide bonds. The number of rotatable bonds is 8. The van der Waals surface area contributed by atoms with E-state index in [0.29, 0.717) is 23.6 Å². The first kappa shape index (κ1) is 17.3. The van der Waals surface area contributed by atoms with Gasteiger partial charge in [0.2, 0.25) is 5.95 Å². The van der Waals surface area contributed by atoms with Crippen LogP contribution in [0.1, 0.15) is 30.6 Å². The van der Waals surface area contributed by atoms with Crippen molar-refractivity contribution in [3.63, 3.8) is 0 Å². The Bertz CT molecular complexity index is 721. The monoisotopic (exact) mass is 329 g/mol. The summed E-state index contributed by atoms with van der Waals surface area (Å²) in [6, 6.07) is 6.90. The fraction of sp³-hybridized carbons (Fsp3) is 0.312. The van der Waals surface area contributed by atoms with Gasteiger partial charge in [0.15, 0.2) is 11.5 Å². The summed E-state index contributed by atoms with van der Waals surface area (Å²) in [6.07, 6.45) is 2.20. The van der Waals surface area contributed by atoms with Gasteiger partial charge in [-0.3, -0.25) is 0 Å². The van der Waals surface area contributed by atoms with Gasteiger partial charge < -0.3 is 15.4 Å². The van der Waals surface area contributed by atoms with E-state index < -0.39 is 5.97 Å². The second kappa shape index (κ2) is 8.56. The number of carbonyl (C=O) groups excluding carboxylic acids is 1. The number of ether oxygens (including phenoxy) is 1. The molecule has 8 nitrogen and oxygen atoms in total. The average molecular weight is 329 g/mol. The number of aromatic nitrogens is 2. The molecule has 0 unspecified atom stereocenters. The van der Waals surface area contributed by atoms with Crippen LogP contribution < -0.4 is 10.6 Å². The first-order valence-corrected chi connectivity index (χ1v) is 7.67. The van der Waals surface area contributed by atoms with Crippen molar-refractivity contribution in [3.8, 4) is 0 Å². The number of nitroso groups, excluding NO2 is 1. The third-order valence-electron chi connectivity index (χ3n) is 3.08. The highest BCUT2D eigenvalue weighted by Gasteiger charge is 2.14. The lowest BCUT2D eigenvalue weighted by Gasteiger charge is -2.11. The highest BCUT2D eigenvalue weighted by Crippen LogP contribution is 2.25. The van der Waals surface area contributed by atoms with E-state index >= 15 is 0 Å². The van der Waals surface area contributed by atoms with E-state index in [1.54, 1.807) is 31.2 Å². The smallest absolute Gasteiger partial charge is 0.340 e. The van der Waals surface area contributed by atoms with E-state index in [9.17, 15) is 9.70 Å². The Morgan fingerprint density at radius 1 is 1.29 bits per heavy atom. The van der Waals surface area contributed by atoms with Crippen LogP contribution in [0.5, 0.6) is 0 Å². The van der Waals surface area contributed by atoms with Gasteiger partial charge in [-0.25, -0.2) is 9.78 Å². The quantitative estimate of drug-likeness (QED) is 0.563. The second-order valence-corrected chi connectivity index (χ2v) is 4.84. The Labute approximate surface area is 139 Å². The van der Waals surface area contributed by atoms with Gasteiger partial charge in [0.25, 0.3) is 0 Å². The Kier molecular flexibility index (Phi) is 6.18. The summed E-state index contributed by atoms with van der Waals surface area (Å²) in [7, 11) is 0. The summed E-state index contributed by atoms with van der Waals surface area (Å²) in [5.41, 5.74) is 1.03. The van der Waals surface area contributed by atoms with E-state index in [1.807, 2.05) is 6.92 Å². The number of benzene rings is 1. The Balaban J connectivity index is 2.28. The Hall–Kier alpha value is -3.03. The summed E-state index contributed by atoms with van der Waals surface area (Å²) in [4.78, 5) is 31.1. The molecule has 0 aliphatic carbocycles. The zero-order valence-electron chi connectivity index (χ0n) is 13.6. The van der Waals surface area contributed by atoms with Gasteiger partial charge in [-0.1, -0.05) is 19.1 Å². The molecule has 1 aromatic heterocycles. The number of carbonyl (C=O) groups is 1. The maximum Gasteiger partial charge on any atom is 0.340 e. The van der Waals surface area contributed by atoms with Crippen LogP contribution in [0.4, 0.5) is 23.1 Å². The van der Waals surface area contributed by atoms with E-state index in [1.165, 1.54) is 6.20 Å². The van der Waals surface area contributed by atoms with Crippen molar-refractivity contribution in [1.29, 1.82) is 0 Å². The standard InChI is InChI=1S/C16H19N5O3/c1-3-9-17-14-13(21-23)10-18-16(20-14)19-12-8-6-5-7-11(12)15(22)24-4-2/h5-8,10H,3-4,9H2,1-2H3,(H2,17,18,19,20). The van der Waals surface area contributed by atoms with Crippen LogP contribution in [0.15, 0.2) is 35.6 Å². The third kappa shape index (κ3) is 4.25. The Morgan fingerprint density at radius 2 is 2.08 bits per heavy atom. The molecular formula is C16H19N5O3. The number of nitrogens with zero attached hydrogens (tertiary/aromatic N) is 3. The molecule has 0 aliphatic heterocycles. The molecule has 0 fully saturated rings. The average Bonchev–Trinajstić information content (AvgIpc) is 2.60. The molecule has 0 radical (unpaired) electrons. The Morgan fingerprint density at radius 3 is 2.79 bits per heavy atom. The lowest BCUT2D eigenvalue weighted by Crippen LogP contribution is -2.09. The summed E-state index contributed by atoms with van der Waals surface area (Å²) < 4.78 is 5.03. The van der Waals surface area contributed by atoms with Crippen molar-refractivity contribution >= 4 is 29.1 Å². The molecular weight excluding hydrogens is 310 g/mol. The zero-order valence-corrected chi connectivity index (χ0v) is 13.6. The molecule has 126 valence electrons. The van der Waals surface area contributed by atoms with Crippen LogP contribution in [0, 0.1) is 4.91 Å². The van der Waals surface area contributed by atoms with E-state index in [-0.39, 0.29) is 18.2 Å². The molecule has 0 saturated heterocycles. The van der Waals surface area contributed by atoms with Crippen molar-refractivity contribution < 1.29 is 9.53 Å². The minimum absolute atomic E-state index is 0.132. The van der Waals surface area contributed by atoms with Crippen molar-refractivity contribution in [2.75, 3.05) is 23.8 Å². The van der Waals surface area contributed by atoms with Gasteiger partial charge in [0.1, 0.15) is 0 Å². The molecule has 0 saturated carbocycles. The lowest BCUT2D eigenvalue weighted by molar-refractivity contribution is 0.0527. The topological polar surface area (TPSA) is 106 Å². The summed E-state index contributed by atoms with van der Waals surface area (Å²) in [6.45, 7) is 4.68. The number of anilines is 3.